The third kappa shape index (κ3) is 5.28. The van der Waals surface area contributed by atoms with Gasteiger partial charge in [0, 0.05) is 18.3 Å². The van der Waals surface area contributed by atoms with E-state index in [1.54, 1.807) is 31.2 Å². The van der Waals surface area contributed by atoms with Crippen LogP contribution in [0.25, 0.3) is 0 Å². The van der Waals surface area contributed by atoms with Crippen LogP contribution in [-0.4, -0.2) is 17.6 Å². The lowest BCUT2D eigenvalue weighted by Gasteiger charge is -2.07. The molecule has 2 rings (SSSR count). The molecule has 0 unspecified atom stereocenters. The Morgan fingerprint density at radius 2 is 1.57 bits per heavy atom. The van der Waals surface area contributed by atoms with Gasteiger partial charge in [0.25, 0.3) is 0 Å². The summed E-state index contributed by atoms with van der Waals surface area (Å²) in [6.45, 7) is 3.22. The molecule has 0 bridgehead atoms. The predicted octanol–water partition coefficient (Wildman–Crippen LogP) is 3.19. The second-order valence-electron chi connectivity index (χ2n) is 4.89. The maximum Gasteiger partial charge on any atom is 0.339 e. The van der Waals surface area contributed by atoms with Crippen molar-refractivity contribution in [1.29, 1.82) is 0 Å². The van der Waals surface area contributed by atoms with E-state index in [1.165, 1.54) is 6.92 Å². The summed E-state index contributed by atoms with van der Waals surface area (Å²) in [6, 6.07) is 15.9. The number of amides is 3. The Morgan fingerprint density at radius 1 is 0.870 bits per heavy atom. The van der Waals surface area contributed by atoms with E-state index in [0.717, 1.165) is 5.56 Å². The average molecular weight is 310 g/mol. The van der Waals surface area contributed by atoms with Gasteiger partial charge in [-0.25, -0.2) is 10.2 Å². The predicted molar refractivity (Wildman–Crippen MR) is 91.6 cm³/mol. The lowest BCUT2D eigenvalue weighted by atomic mass is 10.1. The quantitative estimate of drug-likeness (QED) is 0.598. The minimum atomic E-state index is -0.423. The molecule has 3 amide bonds. The van der Waals surface area contributed by atoms with Crippen LogP contribution in [0.15, 0.2) is 59.7 Å². The molecule has 6 heteroatoms. The highest BCUT2D eigenvalue weighted by atomic mass is 16.2. The standard InChI is InChI=1S/C17H18N4O2/c1-12(14-7-6-10-16(11-14)18-13(2)22)20-21-17(23)19-15-8-4-3-5-9-15/h3-11H,1-2H3,(H,18,22)(H2,19,21,23)/b20-12+. The van der Waals surface area contributed by atoms with Crippen molar-refractivity contribution in [2.75, 3.05) is 10.6 Å². The number of carbonyl (C=O) groups is 2. The summed E-state index contributed by atoms with van der Waals surface area (Å²) in [4.78, 5) is 22.9. The lowest BCUT2D eigenvalue weighted by Crippen LogP contribution is -2.25. The molecule has 0 heterocycles. The molecule has 3 N–H and O–H groups in total. The van der Waals surface area contributed by atoms with Crippen LogP contribution >= 0.6 is 0 Å². The number of hydrazone groups is 1. The number of carbonyl (C=O) groups excluding carboxylic acids is 2. The van der Waals surface area contributed by atoms with Gasteiger partial charge in [0.2, 0.25) is 5.91 Å². The van der Waals surface area contributed by atoms with Crippen molar-refractivity contribution in [3.63, 3.8) is 0 Å². The number of benzene rings is 2. The smallest absolute Gasteiger partial charge is 0.326 e. The molecule has 2 aromatic carbocycles. The van der Waals surface area contributed by atoms with Crippen molar-refractivity contribution in [3.05, 3.63) is 60.2 Å². The monoisotopic (exact) mass is 310 g/mol. The fourth-order valence-electron chi connectivity index (χ4n) is 1.90. The highest BCUT2D eigenvalue weighted by Crippen LogP contribution is 2.11. The number of nitrogens with zero attached hydrogens (tertiary/aromatic N) is 1. The number of hydrogen-bond donors (Lipinski definition) is 3. The van der Waals surface area contributed by atoms with Crippen LogP contribution < -0.4 is 16.1 Å². The highest BCUT2D eigenvalue weighted by molar-refractivity contribution is 6.01. The van der Waals surface area contributed by atoms with Crippen LogP contribution in [0.1, 0.15) is 19.4 Å². The third-order valence-corrected chi connectivity index (χ3v) is 2.96. The Morgan fingerprint density at radius 3 is 2.26 bits per heavy atom. The van der Waals surface area contributed by atoms with Crippen LogP contribution in [0.2, 0.25) is 0 Å². The summed E-state index contributed by atoms with van der Waals surface area (Å²) in [5.74, 6) is -0.142. The molecular formula is C17H18N4O2. The largest absolute Gasteiger partial charge is 0.339 e. The van der Waals surface area contributed by atoms with E-state index in [-0.39, 0.29) is 5.91 Å². The Balaban J connectivity index is 1.99. The van der Waals surface area contributed by atoms with Crippen LogP contribution in [-0.2, 0) is 4.79 Å². The fraction of sp³-hybridized carbons (Fsp3) is 0.118. The summed E-state index contributed by atoms with van der Waals surface area (Å²) in [7, 11) is 0. The number of para-hydroxylation sites is 1. The van der Waals surface area contributed by atoms with Gasteiger partial charge in [-0.15, -0.1) is 0 Å². The highest BCUT2D eigenvalue weighted by Gasteiger charge is 2.03. The third-order valence-electron chi connectivity index (χ3n) is 2.96. The van der Waals surface area contributed by atoms with E-state index in [9.17, 15) is 9.59 Å². The van der Waals surface area contributed by atoms with Gasteiger partial charge in [0.05, 0.1) is 5.71 Å². The van der Waals surface area contributed by atoms with Gasteiger partial charge in [0.1, 0.15) is 0 Å². The average Bonchev–Trinajstić information content (AvgIpc) is 2.53. The zero-order valence-corrected chi connectivity index (χ0v) is 13.0. The molecule has 6 nitrogen and oxygen atoms in total. The first kappa shape index (κ1) is 16.2. The SMILES string of the molecule is CC(=O)Nc1cccc(/C(C)=N/NC(=O)Nc2ccccc2)c1. The first-order chi connectivity index (χ1) is 11.0. The molecule has 118 valence electrons. The molecule has 2 aromatic rings. The Labute approximate surface area is 134 Å². The van der Waals surface area contributed by atoms with E-state index in [0.29, 0.717) is 17.1 Å². The summed E-state index contributed by atoms with van der Waals surface area (Å²) in [5.41, 5.74) is 5.23. The summed E-state index contributed by atoms with van der Waals surface area (Å²) in [5, 5.41) is 9.43. The molecule has 0 aromatic heterocycles. The lowest BCUT2D eigenvalue weighted by molar-refractivity contribution is -0.114. The summed E-state index contributed by atoms with van der Waals surface area (Å²) >= 11 is 0. The van der Waals surface area contributed by atoms with Crippen molar-refractivity contribution in [2.45, 2.75) is 13.8 Å². The number of hydrogen-bond acceptors (Lipinski definition) is 3. The van der Waals surface area contributed by atoms with Gasteiger partial charge in [-0.05, 0) is 36.8 Å². The number of rotatable bonds is 4. The van der Waals surface area contributed by atoms with Crippen LogP contribution in [0.3, 0.4) is 0 Å². The molecule has 0 spiro atoms. The number of urea groups is 1. The zero-order chi connectivity index (χ0) is 16.7. The van der Waals surface area contributed by atoms with E-state index in [2.05, 4.69) is 21.2 Å². The second kappa shape index (κ2) is 7.74. The molecule has 0 radical (unpaired) electrons. The van der Waals surface area contributed by atoms with Gasteiger partial charge in [-0.2, -0.15) is 5.10 Å². The van der Waals surface area contributed by atoms with Crippen molar-refractivity contribution < 1.29 is 9.59 Å². The van der Waals surface area contributed by atoms with E-state index in [1.807, 2.05) is 30.3 Å². The first-order valence-corrected chi connectivity index (χ1v) is 7.09. The molecule has 0 fully saturated rings. The van der Waals surface area contributed by atoms with Crippen molar-refractivity contribution >= 4 is 29.0 Å². The molecule has 23 heavy (non-hydrogen) atoms. The van der Waals surface area contributed by atoms with E-state index >= 15 is 0 Å². The molecule has 0 aliphatic rings. The Bertz CT molecular complexity index is 726. The number of anilines is 2. The van der Waals surface area contributed by atoms with Crippen molar-refractivity contribution in [3.8, 4) is 0 Å². The topological polar surface area (TPSA) is 82.6 Å². The minimum absolute atomic E-state index is 0.142. The summed E-state index contributed by atoms with van der Waals surface area (Å²) < 4.78 is 0. The Kier molecular flexibility index (Phi) is 5.46. The summed E-state index contributed by atoms with van der Waals surface area (Å²) in [6.07, 6.45) is 0. The van der Waals surface area contributed by atoms with E-state index < -0.39 is 6.03 Å². The van der Waals surface area contributed by atoms with E-state index in [4.69, 9.17) is 0 Å². The Hall–Kier alpha value is -3.15. The van der Waals surface area contributed by atoms with Gasteiger partial charge >= 0.3 is 6.03 Å². The molecule has 0 saturated carbocycles. The van der Waals surface area contributed by atoms with Gasteiger partial charge in [0.15, 0.2) is 0 Å². The first-order valence-electron chi connectivity index (χ1n) is 7.09. The van der Waals surface area contributed by atoms with Crippen LogP contribution in [0.4, 0.5) is 16.2 Å². The minimum Gasteiger partial charge on any atom is -0.326 e. The molecule has 0 atom stereocenters. The number of nitrogens with one attached hydrogen (secondary N) is 3. The maximum atomic E-state index is 11.8. The molecular weight excluding hydrogens is 292 g/mol. The van der Waals surface area contributed by atoms with Gasteiger partial charge < -0.3 is 10.6 Å². The molecule has 0 saturated heterocycles. The zero-order valence-electron chi connectivity index (χ0n) is 13.0. The van der Waals surface area contributed by atoms with Crippen molar-refractivity contribution in [2.24, 2.45) is 5.10 Å². The van der Waals surface area contributed by atoms with Crippen molar-refractivity contribution in [1.82, 2.24) is 5.43 Å². The van der Waals surface area contributed by atoms with Gasteiger partial charge in [-0.3, -0.25) is 4.79 Å². The van der Waals surface area contributed by atoms with Gasteiger partial charge in [-0.1, -0.05) is 30.3 Å². The maximum absolute atomic E-state index is 11.8. The normalized spacial score (nSPS) is 10.8. The van der Waals surface area contributed by atoms with Crippen LogP contribution in [0, 0.1) is 0 Å². The molecule has 0 aliphatic heterocycles. The second-order valence-corrected chi connectivity index (χ2v) is 4.89. The fourth-order valence-corrected chi connectivity index (χ4v) is 1.90. The van der Waals surface area contributed by atoms with Crippen LogP contribution in [0.5, 0.6) is 0 Å². The molecule has 0 aliphatic carbocycles.